The van der Waals surface area contributed by atoms with E-state index in [9.17, 15) is 9.59 Å². The Morgan fingerprint density at radius 3 is 1.41 bits per heavy atom. The Labute approximate surface area is 190 Å². The Hall–Kier alpha value is -3.40. The van der Waals surface area contributed by atoms with Crippen molar-refractivity contribution >= 4 is 11.9 Å². The first-order chi connectivity index (χ1) is 15.6. The van der Waals surface area contributed by atoms with Crippen LogP contribution in [0, 0.1) is 0 Å². The molecule has 0 aliphatic rings. The van der Waals surface area contributed by atoms with Gasteiger partial charge in [0.05, 0.1) is 11.1 Å². The van der Waals surface area contributed by atoms with Gasteiger partial charge in [-0.1, -0.05) is 57.0 Å². The van der Waals surface area contributed by atoms with Crippen LogP contribution in [0.1, 0.15) is 71.4 Å². The number of carbonyl (C=O) groups is 2. The van der Waals surface area contributed by atoms with Crippen LogP contribution < -0.4 is 9.47 Å². The van der Waals surface area contributed by atoms with E-state index in [2.05, 4.69) is 13.8 Å². The van der Waals surface area contributed by atoms with E-state index in [1.807, 2.05) is 24.3 Å². The summed E-state index contributed by atoms with van der Waals surface area (Å²) < 4.78 is 10.9. The van der Waals surface area contributed by atoms with Gasteiger partial charge in [0.2, 0.25) is 0 Å². The lowest BCUT2D eigenvalue weighted by Gasteiger charge is -2.08. The van der Waals surface area contributed by atoms with Crippen molar-refractivity contribution < 1.29 is 19.1 Å². The summed E-state index contributed by atoms with van der Waals surface area (Å²) in [6, 6.07) is 21.5. The van der Waals surface area contributed by atoms with E-state index in [1.165, 1.54) is 17.2 Å². The second-order valence-corrected chi connectivity index (χ2v) is 7.85. The first-order valence-electron chi connectivity index (χ1n) is 11.3. The average Bonchev–Trinajstić information content (AvgIpc) is 2.83. The molecule has 0 fully saturated rings. The lowest BCUT2D eigenvalue weighted by Crippen LogP contribution is -2.12. The third-order valence-corrected chi connectivity index (χ3v) is 5.24. The third-order valence-electron chi connectivity index (χ3n) is 5.24. The third kappa shape index (κ3) is 6.81. The molecular weight excluding hydrogens is 400 g/mol. The Morgan fingerprint density at radius 1 is 0.625 bits per heavy atom. The summed E-state index contributed by atoms with van der Waals surface area (Å²) in [5.41, 5.74) is 3.03. The second kappa shape index (κ2) is 11.8. The summed E-state index contributed by atoms with van der Waals surface area (Å²) in [6.45, 7) is 4.31. The zero-order valence-corrected chi connectivity index (χ0v) is 18.8. The molecule has 32 heavy (non-hydrogen) atoms. The van der Waals surface area contributed by atoms with Gasteiger partial charge >= 0.3 is 11.9 Å². The molecule has 0 atom stereocenters. The molecule has 0 bridgehead atoms. The highest BCUT2D eigenvalue weighted by Gasteiger charge is 2.14. The van der Waals surface area contributed by atoms with Gasteiger partial charge in [-0.05, 0) is 79.3 Å². The van der Waals surface area contributed by atoms with Crippen molar-refractivity contribution in [3.8, 4) is 11.5 Å². The number of esters is 2. The van der Waals surface area contributed by atoms with Crippen LogP contribution in [0.25, 0.3) is 0 Å². The summed E-state index contributed by atoms with van der Waals surface area (Å²) in [7, 11) is 0. The fraction of sp³-hybridized carbons (Fsp3) is 0.286. The van der Waals surface area contributed by atoms with Crippen LogP contribution in [0.3, 0.4) is 0 Å². The molecule has 0 aliphatic heterocycles. The van der Waals surface area contributed by atoms with Crippen molar-refractivity contribution in [3.63, 3.8) is 0 Å². The van der Waals surface area contributed by atoms with Crippen LogP contribution in [-0.2, 0) is 12.8 Å². The molecule has 0 aromatic heterocycles. The molecule has 3 rings (SSSR count). The number of ether oxygens (including phenoxy) is 2. The molecule has 0 saturated carbocycles. The molecule has 0 N–H and O–H groups in total. The Balaban J connectivity index is 1.61. The van der Waals surface area contributed by atoms with Gasteiger partial charge in [-0.15, -0.1) is 0 Å². The zero-order chi connectivity index (χ0) is 22.8. The van der Waals surface area contributed by atoms with Crippen molar-refractivity contribution in [2.75, 3.05) is 0 Å². The van der Waals surface area contributed by atoms with Gasteiger partial charge in [0.25, 0.3) is 0 Å². The monoisotopic (exact) mass is 430 g/mol. The summed E-state index contributed by atoms with van der Waals surface area (Å²) >= 11 is 0. The van der Waals surface area contributed by atoms with E-state index in [1.54, 1.807) is 42.5 Å². The van der Waals surface area contributed by atoms with E-state index < -0.39 is 11.9 Å². The maximum atomic E-state index is 12.6. The minimum atomic E-state index is -0.513. The molecule has 3 aromatic carbocycles. The SMILES string of the molecule is CCCCc1ccc(OC(=O)c2cccc(C(=O)Oc3ccc(CCCC)cc3)c2)cc1. The maximum Gasteiger partial charge on any atom is 0.343 e. The normalized spacial score (nSPS) is 10.6. The Morgan fingerprint density at radius 2 is 1.03 bits per heavy atom. The molecule has 0 saturated heterocycles. The minimum absolute atomic E-state index is 0.296. The number of hydrogen-bond donors (Lipinski definition) is 0. The van der Waals surface area contributed by atoms with E-state index >= 15 is 0 Å². The quantitative estimate of drug-likeness (QED) is 0.262. The van der Waals surface area contributed by atoms with E-state index in [0.29, 0.717) is 22.6 Å². The first-order valence-corrected chi connectivity index (χ1v) is 11.3. The van der Waals surface area contributed by atoms with Crippen LogP contribution in [0.4, 0.5) is 0 Å². The molecule has 3 aromatic rings. The molecule has 4 heteroatoms. The average molecular weight is 431 g/mol. The van der Waals surface area contributed by atoms with Crippen LogP contribution in [-0.4, -0.2) is 11.9 Å². The highest BCUT2D eigenvalue weighted by molar-refractivity contribution is 5.96. The fourth-order valence-electron chi connectivity index (χ4n) is 3.32. The van der Waals surface area contributed by atoms with Crippen molar-refractivity contribution in [2.24, 2.45) is 0 Å². The molecule has 4 nitrogen and oxygen atoms in total. The van der Waals surface area contributed by atoms with E-state index in [4.69, 9.17) is 9.47 Å². The lowest BCUT2D eigenvalue weighted by atomic mass is 10.1. The number of hydrogen-bond acceptors (Lipinski definition) is 4. The predicted molar refractivity (Wildman–Crippen MR) is 126 cm³/mol. The molecule has 0 radical (unpaired) electrons. The van der Waals surface area contributed by atoms with Crippen LogP contribution in [0.5, 0.6) is 11.5 Å². The number of unbranched alkanes of at least 4 members (excludes halogenated alkanes) is 2. The van der Waals surface area contributed by atoms with Crippen molar-refractivity contribution in [2.45, 2.75) is 52.4 Å². The van der Waals surface area contributed by atoms with Gasteiger partial charge in [-0.2, -0.15) is 0 Å². The second-order valence-electron chi connectivity index (χ2n) is 7.85. The summed E-state index contributed by atoms with van der Waals surface area (Å²) in [4.78, 5) is 25.1. The molecule has 0 unspecified atom stereocenters. The summed E-state index contributed by atoms with van der Waals surface area (Å²) in [5, 5.41) is 0. The maximum absolute atomic E-state index is 12.6. The van der Waals surface area contributed by atoms with Crippen molar-refractivity contribution in [3.05, 3.63) is 95.1 Å². The Kier molecular flexibility index (Phi) is 8.61. The van der Waals surface area contributed by atoms with Gasteiger partial charge in [0, 0.05) is 0 Å². The highest BCUT2D eigenvalue weighted by atomic mass is 16.5. The highest BCUT2D eigenvalue weighted by Crippen LogP contribution is 2.18. The minimum Gasteiger partial charge on any atom is -0.423 e. The van der Waals surface area contributed by atoms with Gasteiger partial charge in [0.1, 0.15) is 11.5 Å². The number of rotatable bonds is 10. The van der Waals surface area contributed by atoms with E-state index in [0.717, 1.165) is 38.5 Å². The molecule has 0 aliphatic carbocycles. The van der Waals surface area contributed by atoms with E-state index in [-0.39, 0.29) is 0 Å². The summed E-state index contributed by atoms with van der Waals surface area (Å²) in [6.07, 6.45) is 6.56. The van der Waals surface area contributed by atoms with Crippen molar-refractivity contribution in [1.82, 2.24) is 0 Å². The zero-order valence-electron chi connectivity index (χ0n) is 18.8. The molecule has 0 spiro atoms. The van der Waals surface area contributed by atoms with Gasteiger partial charge in [-0.3, -0.25) is 0 Å². The standard InChI is InChI=1S/C28H30O4/c1-3-5-8-21-12-16-25(17-13-21)31-27(29)23-10-7-11-24(20-23)28(30)32-26-18-14-22(15-19-26)9-6-4-2/h7,10-20H,3-6,8-9H2,1-2H3. The first kappa shape index (κ1) is 23.3. The topological polar surface area (TPSA) is 52.6 Å². The largest absolute Gasteiger partial charge is 0.423 e. The van der Waals surface area contributed by atoms with Crippen LogP contribution >= 0.6 is 0 Å². The smallest absolute Gasteiger partial charge is 0.343 e. The van der Waals surface area contributed by atoms with Gasteiger partial charge < -0.3 is 9.47 Å². The number of aryl methyl sites for hydroxylation is 2. The number of benzene rings is 3. The Bertz CT molecular complexity index is 939. The van der Waals surface area contributed by atoms with Gasteiger partial charge in [0.15, 0.2) is 0 Å². The van der Waals surface area contributed by atoms with Crippen LogP contribution in [0.15, 0.2) is 72.8 Å². The predicted octanol–water partition coefficient (Wildman–Crippen LogP) is 6.81. The molecule has 166 valence electrons. The van der Waals surface area contributed by atoms with Crippen molar-refractivity contribution in [1.29, 1.82) is 0 Å². The molecular formula is C28H30O4. The van der Waals surface area contributed by atoms with Crippen LogP contribution in [0.2, 0.25) is 0 Å². The summed E-state index contributed by atoms with van der Waals surface area (Å²) in [5.74, 6) is -0.0692. The molecule has 0 amide bonds. The lowest BCUT2D eigenvalue weighted by molar-refractivity contribution is 0.0734. The molecule has 0 heterocycles. The van der Waals surface area contributed by atoms with Gasteiger partial charge in [-0.25, -0.2) is 9.59 Å². The fourth-order valence-corrected chi connectivity index (χ4v) is 3.32. The number of carbonyl (C=O) groups excluding carboxylic acids is 2.